The van der Waals surface area contributed by atoms with Crippen LogP contribution < -0.4 is 0 Å². The minimum Gasteiger partial charge on any atom is -0.356 e. The van der Waals surface area contributed by atoms with Crippen molar-refractivity contribution in [2.45, 2.75) is 19.5 Å². The highest BCUT2D eigenvalue weighted by atomic mass is 32.2. The quantitative estimate of drug-likeness (QED) is 0.712. The molecule has 1 atom stereocenters. The van der Waals surface area contributed by atoms with Gasteiger partial charge in [0.05, 0.1) is 5.75 Å². The molecule has 0 spiro atoms. The Morgan fingerprint density at radius 1 is 1.53 bits per heavy atom. The lowest BCUT2D eigenvalue weighted by molar-refractivity contribution is 0.212. The Morgan fingerprint density at radius 3 is 2.67 bits per heavy atom. The van der Waals surface area contributed by atoms with E-state index in [1.54, 1.807) is 6.20 Å². The second-order valence-electron chi connectivity index (χ2n) is 3.44. The van der Waals surface area contributed by atoms with Crippen LogP contribution in [-0.4, -0.2) is 41.2 Å². The Hall–Kier alpha value is -1.01. The van der Waals surface area contributed by atoms with Gasteiger partial charge in [0.2, 0.25) is 0 Å². The first-order chi connectivity index (χ1) is 6.94. The third kappa shape index (κ3) is 3.56. The first-order valence-corrected chi connectivity index (χ1v) is 6.34. The molecule has 1 rings (SSSR count). The van der Waals surface area contributed by atoms with Gasteiger partial charge in [-0.2, -0.15) is 8.42 Å². The maximum Gasteiger partial charge on any atom is 0.264 e. The van der Waals surface area contributed by atoms with Crippen LogP contribution in [-0.2, 0) is 10.1 Å². The Morgan fingerprint density at radius 2 is 2.20 bits per heavy atom. The topological polar surface area (TPSA) is 60.9 Å². The van der Waals surface area contributed by atoms with Gasteiger partial charge in [-0.15, -0.1) is 0 Å². The van der Waals surface area contributed by atoms with Gasteiger partial charge in [0.15, 0.2) is 0 Å². The van der Waals surface area contributed by atoms with E-state index in [4.69, 9.17) is 4.55 Å². The van der Waals surface area contributed by atoms with E-state index in [0.29, 0.717) is 13.0 Å². The van der Waals surface area contributed by atoms with E-state index < -0.39 is 10.1 Å². The smallest absolute Gasteiger partial charge is 0.264 e. The van der Waals surface area contributed by atoms with E-state index in [9.17, 15) is 8.42 Å². The van der Waals surface area contributed by atoms with Crippen LogP contribution in [0.1, 0.15) is 13.3 Å². The molecule has 15 heavy (non-hydrogen) atoms. The number of hydrogen-bond donors (Lipinski definition) is 1. The second-order valence-corrected chi connectivity index (χ2v) is 5.01. The molecule has 0 saturated heterocycles. The van der Waals surface area contributed by atoms with E-state index in [2.05, 4.69) is 6.58 Å². The monoisotopic (exact) mass is 232 g/mol. The summed E-state index contributed by atoms with van der Waals surface area (Å²) in [6, 6.07) is 0. The van der Waals surface area contributed by atoms with Crippen LogP contribution in [0.5, 0.6) is 0 Å². The maximum absolute atomic E-state index is 10.5. The fourth-order valence-corrected chi connectivity index (χ4v) is 1.98. The molecule has 0 aromatic carbocycles. The van der Waals surface area contributed by atoms with Crippen LogP contribution in [0.2, 0.25) is 0 Å². The van der Waals surface area contributed by atoms with Crippen molar-refractivity contribution in [2.75, 3.05) is 12.3 Å². The highest BCUT2D eigenvalue weighted by Crippen LogP contribution is 2.15. The summed E-state index contributed by atoms with van der Waals surface area (Å²) >= 11 is 0. The molecule has 1 aliphatic rings. The van der Waals surface area contributed by atoms with Crippen molar-refractivity contribution in [1.82, 2.24) is 9.80 Å². The second kappa shape index (κ2) is 4.67. The number of nitrogens with zero attached hydrogens (tertiary/aromatic N) is 2. The van der Waals surface area contributed by atoms with E-state index in [0.717, 1.165) is 0 Å². The highest BCUT2D eigenvalue weighted by molar-refractivity contribution is 7.85. The molecule has 0 radical (unpaired) electrons. The van der Waals surface area contributed by atoms with Crippen molar-refractivity contribution in [3.63, 3.8) is 0 Å². The van der Waals surface area contributed by atoms with Crippen molar-refractivity contribution in [2.24, 2.45) is 0 Å². The zero-order chi connectivity index (χ0) is 11.5. The van der Waals surface area contributed by atoms with E-state index >= 15 is 0 Å². The third-order valence-corrected chi connectivity index (χ3v) is 3.18. The van der Waals surface area contributed by atoms with Gasteiger partial charge in [0.1, 0.15) is 6.17 Å². The molecule has 0 aromatic heterocycles. The van der Waals surface area contributed by atoms with Crippen LogP contribution in [0, 0.1) is 0 Å². The van der Waals surface area contributed by atoms with Gasteiger partial charge in [0.25, 0.3) is 10.1 Å². The summed E-state index contributed by atoms with van der Waals surface area (Å²) in [7, 11) is -3.84. The van der Waals surface area contributed by atoms with Crippen LogP contribution in [0.15, 0.2) is 25.2 Å². The Labute approximate surface area is 90.4 Å². The molecule has 86 valence electrons. The molecule has 5 nitrogen and oxygen atoms in total. The molecule has 1 heterocycles. The zero-order valence-corrected chi connectivity index (χ0v) is 9.52. The third-order valence-electron chi connectivity index (χ3n) is 2.37. The molecule has 6 heteroatoms. The standard InChI is InChI=1S/C9H16N2O3S/c1-3-10-6-7-11(9(10)2)5-4-8-15(12,13)14/h3,6-7,9H,1,4-5,8H2,2H3,(H,12,13,14). The van der Waals surface area contributed by atoms with Crippen LogP contribution in [0.4, 0.5) is 0 Å². The first-order valence-electron chi connectivity index (χ1n) is 4.73. The molecule has 0 aliphatic carbocycles. The molecule has 0 aromatic rings. The minimum atomic E-state index is -3.84. The summed E-state index contributed by atoms with van der Waals surface area (Å²) in [4.78, 5) is 3.92. The number of rotatable bonds is 5. The molecular formula is C9H16N2O3S. The molecule has 0 saturated carbocycles. The van der Waals surface area contributed by atoms with Crippen LogP contribution in [0.3, 0.4) is 0 Å². The van der Waals surface area contributed by atoms with Crippen molar-refractivity contribution >= 4 is 10.1 Å². The molecule has 0 fully saturated rings. The predicted molar refractivity (Wildman–Crippen MR) is 58.4 cm³/mol. The SMILES string of the molecule is C=CN1C=CN(CCCS(=O)(=O)O)C1C. The van der Waals surface area contributed by atoms with Gasteiger partial charge in [-0.25, -0.2) is 0 Å². The average molecular weight is 232 g/mol. The van der Waals surface area contributed by atoms with Gasteiger partial charge in [0, 0.05) is 18.9 Å². The number of hydrogen-bond acceptors (Lipinski definition) is 4. The van der Waals surface area contributed by atoms with Crippen molar-refractivity contribution < 1.29 is 13.0 Å². The summed E-state index contributed by atoms with van der Waals surface area (Å²) < 4.78 is 29.6. The Balaban J connectivity index is 2.36. The van der Waals surface area contributed by atoms with Crippen molar-refractivity contribution in [3.05, 3.63) is 25.2 Å². The summed E-state index contributed by atoms with van der Waals surface area (Å²) in [5.74, 6) is -0.196. The van der Waals surface area contributed by atoms with Gasteiger partial charge < -0.3 is 9.80 Å². The summed E-state index contributed by atoms with van der Waals surface area (Å²) in [5, 5.41) is 0. The largest absolute Gasteiger partial charge is 0.356 e. The van der Waals surface area contributed by atoms with Crippen LogP contribution >= 0.6 is 0 Å². The average Bonchev–Trinajstić information content (AvgIpc) is 2.46. The lowest BCUT2D eigenvalue weighted by Gasteiger charge is -2.27. The summed E-state index contributed by atoms with van der Waals surface area (Å²) in [6.07, 6.45) is 6.05. The molecule has 1 N–H and O–H groups in total. The highest BCUT2D eigenvalue weighted by Gasteiger charge is 2.19. The lowest BCUT2D eigenvalue weighted by atomic mass is 10.4. The maximum atomic E-state index is 10.5. The van der Waals surface area contributed by atoms with Crippen molar-refractivity contribution in [3.8, 4) is 0 Å². The van der Waals surface area contributed by atoms with E-state index in [1.165, 1.54) is 0 Å². The van der Waals surface area contributed by atoms with Gasteiger partial charge in [-0.05, 0) is 19.5 Å². The summed E-state index contributed by atoms with van der Waals surface area (Å²) in [6.45, 7) is 6.25. The molecular weight excluding hydrogens is 216 g/mol. The van der Waals surface area contributed by atoms with Gasteiger partial charge in [-0.1, -0.05) is 6.58 Å². The summed E-state index contributed by atoms with van der Waals surface area (Å²) in [5.41, 5.74) is 0. The van der Waals surface area contributed by atoms with Crippen LogP contribution in [0.25, 0.3) is 0 Å². The normalized spacial score (nSPS) is 21.1. The van der Waals surface area contributed by atoms with E-state index in [-0.39, 0.29) is 11.9 Å². The van der Waals surface area contributed by atoms with E-state index in [1.807, 2.05) is 29.1 Å². The van der Waals surface area contributed by atoms with Gasteiger partial charge >= 0.3 is 0 Å². The predicted octanol–water partition coefficient (Wildman–Crippen LogP) is 0.843. The molecule has 0 bridgehead atoms. The molecule has 1 aliphatic heterocycles. The fraction of sp³-hybridized carbons (Fsp3) is 0.556. The minimum absolute atomic E-state index is 0.156. The van der Waals surface area contributed by atoms with Crippen molar-refractivity contribution in [1.29, 1.82) is 0 Å². The Bertz CT molecular complexity index is 350. The fourth-order valence-electron chi connectivity index (χ4n) is 1.49. The molecule has 1 unspecified atom stereocenters. The van der Waals surface area contributed by atoms with Gasteiger partial charge in [-0.3, -0.25) is 4.55 Å². The molecule has 0 amide bonds. The Kier molecular flexibility index (Phi) is 3.76. The lowest BCUT2D eigenvalue weighted by Crippen LogP contribution is -2.34. The first kappa shape index (κ1) is 12.1. The zero-order valence-electron chi connectivity index (χ0n) is 8.70.